The van der Waals surface area contributed by atoms with Crippen LogP contribution in [0.1, 0.15) is 26.2 Å². The van der Waals surface area contributed by atoms with Crippen LogP contribution in [-0.4, -0.2) is 95.2 Å². The van der Waals surface area contributed by atoms with Crippen molar-refractivity contribution >= 4 is 29.7 Å². The zero-order valence-corrected chi connectivity index (χ0v) is 20.8. The molecule has 200 valence electrons. The van der Waals surface area contributed by atoms with E-state index in [0.29, 0.717) is 51.0 Å². The maximum atomic E-state index is 14.9. The molecule has 2 fully saturated rings. The molecule has 13 nitrogen and oxygen atoms in total. The summed E-state index contributed by atoms with van der Waals surface area (Å²) in [5.74, 6) is 1.14. The van der Waals surface area contributed by atoms with E-state index in [4.69, 9.17) is 14.2 Å². The van der Waals surface area contributed by atoms with Gasteiger partial charge in [0.1, 0.15) is 18.1 Å². The molecule has 2 N–H and O–H groups in total. The van der Waals surface area contributed by atoms with Crippen LogP contribution in [0.5, 0.6) is 5.88 Å². The van der Waals surface area contributed by atoms with Gasteiger partial charge in [0.15, 0.2) is 5.82 Å². The lowest BCUT2D eigenvalue weighted by molar-refractivity contribution is 0.00590. The van der Waals surface area contributed by atoms with Crippen LogP contribution in [0, 0.1) is 0 Å². The van der Waals surface area contributed by atoms with Crippen LogP contribution in [-0.2, 0) is 9.47 Å². The van der Waals surface area contributed by atoms with E-state index in [1.807, 2.05) is 6.92 Å². The van der Waals surface area contributed by atoms with Crippen molar-refractivity contribution in [1.82, 2.24) is 24.8 Å². The quantitative estimate of drug-likeness (QED) is 0.561. The molecule has 2 aromatic rings. The Labute approximate surface area is 213 Å². The van der Waals surface area contributed by atoms with Crippen LogP contribution >= 0.6 is 0 Å². The van der Waals surface area contributed by atoms with Crippen molar-refractivity contribution in [2.24, 2.45) is 0 Å². The molecule has 0 radical (unpaired) electrons. The van der Waals surface area contributed by atoms with E-state index < -0.39 is 24.3 Å². The number of carbonyl (C=O) groups excluding carboxylic acids is 2. The second-order valence-electron chi connectivity index (χ2n) is 8.62. The van der Waals surface area contributed by atoms with E-state index in [-0.39, 0.29) is 30.7 Å². The molecule has 0 unspecified atom stereocenters. The van der Waals surface area contributed by atoms with E-state index in [2.05, 4.69) is 30.6 Å². The van der Waals surface area contributed by atoms with Crippen LogP contribution < -0.4 is 20.3 Å². The number of halogens is 1. The predicted octanol–water partition coefficient (Wildman–Crippen LogP) is 2.47. The molecule has 14 heteroatoms. The van der Waals surface area contributed by atoms with Crippen LogP contribution in [0.4, 0.5) is 31.6 Å². The highest BCUT2D eigenvalue weighted by molar-refractivity contribution is 5.88. The third-order valence-corrected chi connectivity index (χ3v) is 6.07. The van der Waals surface area contributed by atoms with Crippen molar-refractivity contribution in [1.29, 1.82) is 0 Å². The molecule has 4 heterocycles. The molecule has 2 aliphatic heterocycles. The number of amides is 3. The highest BCUT2D eigenvalue weighted by Crippen LogP contribution is 2.23. The lowest BCUT2D eigenvalue weighted by atomic mass is 10.0. The summed E-state index contributed by atoms with van der Waals surface area (Å²) in [4.78, 5) is 44.9. The summed E-state index contributed by atoms with van der Waals surface area (Å²) in [6, 6.07) is 0.259. The van der Waals surface area contributed by atoms with Gasteiger partial charge in [-0.1, -0.05) is 0 Å². The maximum Gasteiger partial charge on any atom is 0.413 e. The van der Waals surface area contributed by atoms with E-state index >= 15 is 0 Å². The number of hydrogen-bond donors (Lipinski definition) is 2. The van der Waals surface area contributed by atoms with Crippen molar-refractivity contribution in [2.45, 2.75) is 44.5 Å². The minimum Gasteiger partial charge on any atom is -0.477 e. The molecular formula is C23H31FN8O5. The first kappa shape index (κ1) is 26.3. The van der Waals surface area contributed by atoms with Gasteiger partial charge in [-0.15, -0.1) is 0 Å². The standard InChI is InChI=1S/C23H31FN8O5/c1-3-36-20-13-26-19(12-27-20)29-22(33)31(2)17-14-32(9-5-16(17)24)21-25-8-4-18(28-21)30-23(34)37-15-6-10-35-11-7-15/h4,8,12-13,15-17H,3,5-7,9-11,14H2,1-2H3,(H,26,29,33)(H,25,28,30,34)/t16-,17+/m1/s1. The maximum absolute atomic E-state index is 14.9. The van der Waals surface area contributed by atoms with Gasteiger partial charge in [-0.2, -0.15) is 4.98 Å². The van der Waals surface area contributed by atoms with Gasteiger partial charge in [0.05, 0.1) is 38.3 Å². The van der Waals surface area contributed by atoms with Gasteiger partial charge in [0, 0.05) is 39.2 Å². The van der Waals surface area contributed by atoms with E-state index in [1.165, 1.54) is 30.5 Å². The number of nitrogens with one attached hydrogen (secondary N) is 2. The SMILES string of the molecule is CCOc1cnc(NC(=O)N(C)[C@H]2CN(c3nccc(NC(=O)OC4CCOCC4)n3)CC[C@H]2F)cn1. The van der Waals surface area contributed by atoms with Gasteiger partial charge < -0.3 is 24.0 Å². The Morgan fingerprint density at radius 3 is 2.70 bits per heavy atom. The summed E-state index contributed by atoms with van der Waals surface area (Å²) in [6.45, 7) is 3.90. The van der Waals surface area contributed by atoms with Crippen molar-refractivity contribution in [3.05, 3.63) is 24.7 Å². The number of aromatic nitrogens is 4. The van der Waals surface area contributed by atoms with E-state index in [1.54, 1.807) is 11.0 Å². The molecule has 2 saturated heterocycles. The fourth-order valence-corrected chi connectivity index (χ4v) is 4.05. The third kappa shape index (κ3) is 7.12. The molecule has 0 spiro atoms. The average molecular weight is 519 g/mol. The number of carbonyl (C=O) groups is 2. The van der Waals surface area contributed by atoms with Crippen molar-refractivity contribution in [3.63, 3.8) is 0 Å². The molecular weight excluding hydrogens is 487 g/mol. The summed E-state index contributed by atoms with van der Waals surface area (Å²) < 4.78 is 30.8. The second kappa shape index (κ2) is 12.4. The average Bonchev–Trinajstić information content (AvgIpc) is 2.90. The van der Waals surface area contributed by atoms with Crippen molar-refractivity contribution < 1.29 is 28.2 Å². The molecule has 2 aliphatic rings. The highest BCUT2D eigenvalue weighted by atomic mass is 19.1. The Balaban J connectivity index is 1.35. The monoisotopic (exact) mass is 518 g/mol. The molecule has 0 aliphatic carbocycles. The summed E-state index contributed by atoms with van der Waals surface area (Å²) in [5, 5.41) is 5.24. The van der Waals surface area contributed by atoms with Crippen molar-refractivity contribution in [3.8, 4) is 5.88 Å². The zero-order valence-electron chi connectivity index (χ0n) is 20.8. The first-order valence-electron chi connectivity index (χ1n) is 12.2. The minimum atomic E-state index is -1.24. The first-order chi connectivity index (χ1) is 17.9. The number of alkyl halides is 1. The molecule has 2 atom stereocenters. The summed E-state index contributed by atoms with van der Waals surface area (Å²) in [5.41, 5.74) is 0. The fraction of sp³-hybridized carbons (Fsp3) is 0.565. The number of urea groups is 1. The van der Waals surface area contributed by atoms with E-state index in [0.717, 1.165) is 0 Å². The number of likely N-dealkylation sites (N-methyl/N-ethyl adjacent to an activating group) is 1. The number of piperidine rings is 1. The molecule has 2 aromatic heterocycles. The number of nitrogens with zero attached hydrogens (tertiary/aromatic N) is 6. The Hall–Kier alpha value is -3.81. The van der Waals surface area contributed by atoms with E-state index in [9.17, 15) is 14.0 Å². The number of ether oxygens (including phenoxy) is 3. The Bertz CT molecular complexity index is 1060. The van der Waals surface area contributed by atoms with Crippen LogP contribution in [0.15, 0.2) is 24.7 Å². The molecule has 3 amide bonds. The van der Waals surface area contributed by atoms with Crippen LogP contribution in [0.2, 0.25) is 0 Å². The van der Waals surface area contributed by atoms with Gasteiger partial charge in [0.25, 0.3) is 0 Å². The molecule has 0 saturated carbocycles. The van der Waals surface area contributed by atoms with Gasteiger partial charge in [-0.3, -0.25) is 10.6 Å². The zero-order chi connectivity index (χ0) is 26.2. The molecule has 37 heavy (non-hydrogen) atoms. The van der Waals surface area contributed by atoms with Crippen LogP contribution in [0.3, 0.4) is 0 Å². The smallest absolute Gasteiger partial charge is 0.413 e. The fourth-order valence-electron chi connectivity index (χ4n) is 4.05. The predicted molar refractivity (Wildman–Crippen MR) is 131 cm³/mol. The van der Waals surface area contributed by atoms with Gasteiger partial charge in [-0.05, 0) is 19.4 Å². The third-order valence-electron chi connectivity index (χ3n) is 6.07. The molecule has 0 bridgehead atoms. The Morgan fingerprint density at radius 1 is 1.16 bits per heavy atom. The van der Waals surface area contributed by atoms with Gasteiger partial charge in [-0.25, -0.2) is 28.9 Å². The summed E-state index contributed by atoms with van der Waals surface area (Å²) in [6.07, 6.45) is 3.70. The van der Waals surface area contributed by atoms with Gasteiger partial charge in [0.2, 0.25) is 11.8 Å². The number of anilines is 3. The first-order valence-corrected chi connectivity index (χ1v) is 12.2. The topological polar surface area (TPSA) is 144 Å². The minimum absolute atomic E-state index is 0.163. The highest BCUT2D eigenvalue weighted by Gasteiger charge is 2.35. The Morgan fingerprint density at radius 2 is 1.97 bits per heavy atom. The lowest BCUT2D eigenvalue weighted by Crippen LogP contribution is -2.55. The number of rotatable bonds is 7. The molecule has 4 rings (SSSR count). The summed E-state index contributed by atoms with van der Waals surface area (Å²) >= 11 is 0. The Kier molecular flexibility index (Phi) is 8.82. The van der Waals surface area contributed by atoms with Gasteiger partial charge >= 0.3 is 12.1 Å². The second-order valence-corrected chi connectivity index (χ2v) is 8.62. The summed E-state index contributed by atoms with van der Waals surface area (Å²) in [7, 11) is 1.52. The molecule has 0 aromatic carbocycles. The van der Waals surface area contributed by atoms with Crippen molar-refractivity contribution in [2.75, 3.05) is 55.5 Å². The largest absolute Gasteiger partial charge is 0.477 e. The lowest BCUT2D eigenvalue weighted by Gasteiger charge is -2.39. The van der Waals surface area contributed by atoms with Crippen LogP contribution in [0.25, 0.3) is 0 Å². The normalized spacial score (nSPS) is 20.1. The number of hydrogen-bond acceptors (Lipinski definition) is 10.